The van der Waals surface area contributed by atoms with Gasteiger partial charge >= 0.3 is 0 Å². The summed E-state index contributed by atoms with van der Waals surface area (Å²) in [4.78, 5) is 68.5. The molecule has 1 aromatic heterocycles. The van der Waals surface area contributed by atoms with Gasteiger partial charge in [-0.15, -0.1) is 0 Å². The van der Waals surface area contributed by atoms with E-state index < -0.39 is 54.0 Å². The van der Waals surface area contributed by atoms with Crippen molar-refractivity contribution in [2.45, 2.75) is 62.8 Å². The minimum Gasteiger partial charge on any atom is -0.492 e. The van der Waals surface area contributed by atoms with Gasteiger partial charge in [0.25, 0.3) is 5.91 Å². The second-order valence-electron chi connectivity index (χ2n) is 12.4. The Morgan fingerprint density at radius 1 is 0.941 bits per heavy atom. The lowest BCUT2D eigenvalue weighted by molar-refractivity contribution is -0.148. The summed E-state index contributed by atoms with van der Waals surface area (Å²) in [5.41, 5.74) is -0.761. The lowest BCUT2D eigenvalue weighted by Crippen LogP contribution is -2.62. The monoisotopic (exact) mass is 724 g/mol. The van der Waals surface area contributed by atoms with Gasteiger partial charge < -0.3 is 45.3 Å². The molecule has 6 rings (SSSR count). The van der Waals surface area contributed by atoms with Gasteiger partial charge in [0.15, 0.2) is 10.8 Å². The number of hydrogen-bond donors (Lipinski definition) is 5. The molecular weight excluding hydrogens is 684 g/mol. The van der Waals surface area contributed by atoms with E-state index in [1.54, 1.807) is 59.5 Å². The summed E-state index contributed by atoms with van der Waals surface area (Å²) in [6.45, 7) is 1.36. The van der Waals surface area contributed by atoms with Gasteiger partial charge in [0, 0.05) is 51.3 Å². The minimum atomic E-state index is -1.48. The summed E-state index contributed by atoms with van der Waals surface area (Å²) >= 11 is 5.83. The third kappa shape index (κ3) is 9.98. The van der Waals surface area contributed by atoms with Gasteiger partial charge in [-0.2, -0.15) is 0 Å². The highest BCUT2D eigenvalue weighted by atomic mass is 35.5. The molecule has 3 aliphatic heterocycles. The highest BCUT2D eigenvalue weighted by molar-refractivity contribution is 6.29. The largest absolute Gasteiger partial charge is 0.492 e. The number of fused-ring (bicyclic) bond motifs is 15. The molecule has 2 aromatic carbocycles. The van der Waals surface area contributed by atoms with Crippen molar-refractivity contribution in [1.82, 2.24) is 31.3 Å². The van der Waals surface area contributed by atoms with Crippen LogP contribution in [0.15, 0.2) is 65.2 Å². The summed E-state index contributed by atoms with van der Waals surface area (Å²) in [5.74, 6) is -1.41. The molecule has 1 saturated heterocycles. The maximum atomic E-state index is 14.4. The molecule has 3 aromatic rings. The van der Waals surface area contributed by atoms with Crippen LogP contribution in [-0.2, 0) is 36.8 Å². The van der Waals surface area contributed by atoms with E-state index >= 15 is 0 Å². The number of halogens is 1. The first-order chi connectivity index (χ1) is 24.5. The van der Waals surface area contributed by atoms with Crippen LogP contribution in [0.2, 0.25) is 5.15 Å². The molecule has 5 amide bonds. The van der Waals surface area contributed by atoms with Crippen molar-refractivity contribution in [1.29, 1.82) is 0 Å². The number of benzene rings is 2. The molecule has 15 nitrogen and oxygen atoms in total. The Labute approximate surface area is 299 Å². The van der Waals surface area contributed by atoms with Gasteiger partial charge in [0.2, 0.25) is 23.6 Å². The number of amides is 5. The van der Waals surface area contributed by atoms with Crippen molar-refractivity contribution in [3.05, 3.63) is 77.1 Å². The van der Waals surface area contributed by atoms with Crippen molar-refractivity contribution >= 4 is 41.1 Å². The van der Waals surface area contributed by atoms with Crippen LogP contribution >= 0.6 is 11.6 Å². The van der Waals surface area contributed by atoms with E-state index in [0.717, 1.165) is 5.56 Å². The van der Waals surface area contributed by atoms with Crippen LogP contribution in [0, 0.1) is 0 Å². The Balaban J connectivity index is 1.40. The summed E-state index contributed by atoms with van der Waals surface area (Å²) in [5, 5.41) is 24.4. The van der Waals surface area contributed by atoms with E-state index in [9.17, 15) is 29.1 Å². The molecule has 2 bridgehead atoms. The van der Waals surface area contributed by atoms with Crippen molar-refractivity contribution in [2.75, 3.05) is 32.8 Å². The number of carbonyl (C=O) groups excluding carboxylic acids is 5. The zero-order valence-electron chi connectivity index (χ0n) is 28.1. The zero-order chi connectivity index (χ0) is 36.4. The maximum absolute atomic E-state index is 14.4. The lowest BCUT2D eigenvalue weighted by atomic mass is 9.88. The van der Waals surface area contributed by atoms with E-state index in [0.29, 0.717) is 23.7 Å². The number of ether oxygens (including phenoxy) is 2. The Kier molecular flexibility index (Phi) is 12.5. The van der Waals surface area contributed by atoms with Gasteiger partial charge in [-0.25, -0.2) is 0 Å². The van der Waals surface area contributed by atoms with Crippen LogP contribution in [0.25, 0.3) is 0 Å². The number of carbonyl (C=O) groups is 5. The van der Waals surface area contributed by atoms with Gasteiger partial charge in [-0.1, -0.05) is 47.1 Å². The topological polar surface area (TPSA) is 201 Å². The first-order valence-corrected chi connectivity index (χ1v) is 17.1. The number of aromatic nitrogens is 1. The molecule has 3 atom stereocenters. The molecule has 1 fully saturated rings. The fourth-order valence-corrected chi connectivity index (χ4v) is 5.96. The third-order valence-corrected chi connectivity index (χ3v) is 8.91. The number of likely N-dealkylation sites (tertiary alicyclic amines) is 1. The van der Waals surface area contributed by atoms with Crippen LogP contribution in [-0.4, -0.2) is 101 Å². The molecule has 5 N–H and O–H groups in total. The first-order valence-electron chi connectivity index (χ1n) is 16.7. The second kappa shape index (κ2) is 17.2. The number of hydrogen-bond acceptors (Lipinski definition) is 10. The van der Waals surface area contributed by atoms with E-state index in [2.05, 4.69) is 26.4 Å². The van der Waals surface area contributed by atoms with Gasteiger partial charge in [-0.05, 0) is 36.8 Å². The van der Waals surface area contributed by atoms with Crippen LogP contribution in [0.4, 0.5) is 0 Å². The Hall–Kier alpha value is -5.15. The highest BCUT2D eigenvalue weighted by Crippen LogP contribution is 2.31. The molecule has 4 heterocycles. The average Bonchev–Trinajstić information content (AvgIpc) is 3.56. The van der Waals surface area contributed by atoms with Gasteiger partial charge in [0.1, 0.15) is 42.0 Å². The first kappa shape index (κ1) is 37.1. The van der Waals surface area contributed by atoms with Crippen molar-refractivity contribution in [2.24, 2.45) is 0 Å². The molecule has 0 saturated carbocycles. The minimum absolute atomic E-state index is 0.0510. The van der Waals surface area contributed by atoms with Crippen LogP contribution in [0.1, 0.15) is 37.5 Å². The number of nitrogens with zero attached hydrogens (tertiary/aromatic N) is 2. The quantitative estimate of drug-likeness (QED) is 0.228. The number of aryl methyl sites for hydroxylation is 1. The summed E-state index contributed by atoms with van der Waals surface area (Å²) < 4.78 is 17.3. The van der Waals surface area contributed by atoms with Crippen molar-refractivity contribution < 1.29 is 43.1 Å². The van der Waals surface area contributed by atoms with E-state index in [1.807, 2.05) is 6.07 Å². The Morgan fingerprint density at radius 3 is 2.29 bits per heavy atom. The molecule has 1 spiro atoms. The number of aliphatic hydroxyl groups excluding tert-OH is 1. The molecule has 51 heavy (non-hydrogen) atoms. The molecule has 16 heteroatoms. The summed E-state index contributed by atoms with van der Waals surface area (Å²) in [6.07, 6.45) is 0.718. The molecular formula is C35H41ClN6O9. The predicted octanol–water partition coefficient (Wildman–Crippen LogP) is 0.919. The number of piperidine rings is 1. The zero-order valence-corrected chi connectivity index (χ0v) is 28.8. The Morgan fingerprint density at radius 2 is 1.63 bits per heavy atom. The van der Waals surface area contributed by atoms with E-state index in [-0.39, 0.29) is 63.0 Å². The van der Waals surface area contributed by atoms with Crippen LogP contribution < -0.4 is 30.7 Å². The number of aliphatic hydroxyl groups is 1. The van der Waals surface area contributed by atoms with E-state index in [4.69, 9.17) is 25.6 Å². The SMILES string of the molecule is C[C@@H]1NC(=O)[C@H](CO)NC(=O)[C@@H](Cc2ccccc2)NC(=O)C2(CCN(C(=O)CCc3cc(Cl)no3)CC2)Oc2ccc(cc2)OCCNC1=O. The maximum Gasteiger partial charge on any atom is 0.265 e. The normalized spacial score (nSPS) is 21.8. The third-order valence-electron chi connectivity index (χ3n) is 8.73. The predicted molar refractivity (Wildman–Crippen MR) is 183 cm³/mol. The fourth-order valence-electron chi connectivity index (χ4n) is 5.81. The van der Waals surface area contributed by atoms with Crippen molar-refractivity contribution in [3.8, 4) is 11.5 Å². The summed E-state index contributed by atoms with van der Waals surface area (Å²) in [6, 6.07) is 13.6. The summed E-state index contributed by atoms with van der Waals surface area (Å²) in [7, 11) is 0. The van der Waals surface area contributed by atoms with Gasteiger partial charge in [-0.3, -0.25) is 24.0 Å². The lowest BCUT2D eigenvalue weighted by Gasteiger charge is -2.41. The number of nitrogens with one attached hydrogen (secondary N) is 4. The molecule has 0 radical (unpaired) electrons. The van der Waals surface area contributed by atoms with E-state index in [1.165, 1.54) is 6.92 Å². The fraction of sp³-hybridized carbons (Fsp3) is 0.429. The molecule has 0 unspecified atom stereocenters. The van der Waals surface area contributed by atoms with Gasteiger partial charge in [0.05, 0.1) is 13.2 Å². The molecule has 3 aliphatic rings. The van der Waals surface area contributed by atoms with Crippen LogP contribution in [0.3, 0.4) is 0 Å². The molecule has 272 valence electrons. The van der Waals surface area contributed by atoms with Crippen LogP contribution in [0.5, 0.6) is 11.5 Å². The number of rotatable bonds is 6. The Bertz CT molecular complexity index is 1680. The van der Waals surface area contributed by atoms with Crippen molar-refractivity contribution in [3.63, 3.8) is 0 Å². The standard InChI is InChI=1S/C35H41ClN6O9/c1-22-31(45)37-15-18-49-24-7-9-25(10-8-24)50-35(13-16-42(17-14-35)30(44)12-11-26-20-29(36)41-51-26)34(48)40-27(19-23-5-3-2-4-6-23)32(46)39-28(21-43)33(47)38-22/h2-10,20,22,27-28,43H,11-19,21H2,1H3,(H,37,45)(H,38,47)(H,39,46)(H,40,48)/t22-,27+,28-/m0/s1. The molecule has 0 aliphatic carbocycles. The smallest absolute Gasteiger partial charge is 0.265 e. The average molecular weight is 725 g/mol. The highest BCUT2D eigenvalue weighted by Gasteiger charge is 2.46. The second-order valence-corrected chi connectivity index (χ2v) is 12.8.